The number of hydrogen-bond acceptors (Lipinski definition) is 2. The summed E-state index contributed by atoms with van der Waals surface area (Å²) in [6, 6.07) is 1.53. The number of halogens is 4. The molecule has 1 aromatic rings. The van der Waals surface area contributed by atoms with E-state index in [0.29, 0.717) is 13.1 Å². The lowest BCUT2D eigenvalue weighted by Gasteiger charge is -2.38. The van der Waals surface area contributed by atoms with Crippen LogP contribution in [0.5, 0.6) is 0 Å². The first-order valence-electron chi connectivity index (χ1n) is 7.15. The Bertz CT molecular complexity index is 543. The molecule has 0 bridgehead atoms. The first-order chi connectivity index (χ1) is 10.0. The molecule has 0 radical (unpaired) electrons. The van der Waals surface area contributed by atoms with Gasteiger partial charge in [-0.3, -0.25) is 4.79 Å². The first kappa shape index (κ1) is 17.1. The molecule has 0 saturated carbocycles. The van der Waals surface area contributed by atoms with Crippen LogP contribution in [0.25, 0.3) is 0 Å². The lowest BCUT2D eigenvalue weighted by molar-refractivity contribution is 0.0606. The minimum Gasteiger partial charge on any atom is -0.339 e. The lowest BCUT2D eigenvalue weighted by atomic mass is 9.78. The fourth-order valence-corrected chi connectivity index (χ4v) is 3.27. The molecule has 22 heavy (non-hydrogen) atoms. The predicted octanol–water partition coefficient (Wildman–Crippen LogP) is 2.74. The van der Waals surface area contributed by atoms with Crippen molar-refractivity contribution in [3.63, 3.8) is 0 Å². The van der Waals surface area contributed by atoms with Crippen molar-refractivity contribution in [3.8, 4) is 0 Å². The lowest BCUT2D eigenvalue weighted by Crippen LogP contribution is -2.44. The zero-order valence-corrected chi connectivity index (χ0v) is 12.8. The molecule has 0 aliphatic carbocycles. The number of carbonyl (C=O) groups is 1. The highest BCUT2D eigenvalue weighted by atomic mass is 35.5. The van der Waals surface area contributed by atoms with Gasteiger partial charge in [-0.2, -0.15) is 0 Å². The number of benzene rings is 1. The highest BCUT2D eigenvalue weighted by Gasteiger charge is 2.38. The summed E-state index contributed by atoms with van der Waals surface area (Å²) in [4.78, 5) is 13.9. The SMILES string of the molecule is Cl.O=C(c1cc(F)c(F)c(F)c1)N1CCC2(CCNC2)CC1. The zero-order valence-electron chi connectivity index (χ0n) is 12.0. The molecular weight excluding hydrogens is 317 g/mol. The van der Waals surface area contributed by atoms with Crippen LogP contribution in [-0.2, 0) is 0 Å². The third-order valence-corrected chi connectivity index (χ3v) is 4.67. The van der Waals surface area contributed by atoms with Gasteiger partial charge in [-0.05, 0) is 43.4 Å². The molecule has 0 atom stereocenters. The zero-order chi connectivity index (χ0) is 15.0. The Morgan fingerprint density at radius 2 is 1.68 bits per heavy atom. The van der Waals surface area contributed by atoms with Crippen molar-refractivity contribution < 1.29 is 18.0 Å². The quantitative estimate of drug-likeness (QED) is 0.801. The van der Waals surface area contributed by atoms with Gasteiger partial charge in [-0.1, -0.05) is 0 Å². The van der Waals surface area contributed by atoms with E-state index in [4.69, 9.17) is 0 Å². The number of carbonyl (C=O) groups excluding carboxylic acids is 1. The van der Waals surface area contributed by atoms with Crippen molar-refractivity contribution in [2.24, 2.45) is 5.41 Å². The molecule has 2 saturated heterocycles. The molecule has 122 valence electrons. The number of likely N-dealkylation sites (tertiary alicyclic amines) is 1. The predicted molar refractivity (Wildman–Crippen MR) is 78.6 cm³/mol. The van der Waals surface area contributed by atoms with Gasteiger partial charge in [-0.15, -0.1) is 12.4 Å². The first-order valence-corrected chi connectivity index (χ1v) is 7.15. The van der Waals surface area contributed by atoms with E-state index in [9.17, 15) is 18.0 Å². The van der Waals surface area contributed by atoms with Gasteiger partial charge in [0, 0.05) is 25.2 Å². The number of nitrogens with zero attached hydrogens (tertiary/aromatic N) is 1. The Balaban J connectivity index is 0.00000176. The van der Waals surface area contributed by atoms with Crippen LogP contribution in [0.1, 0.15) is 29.6 Å². The maximum atomic E-state index is 13.2. The second-order valence-corrected chi connectivity index (χ2v) is 5.97. The maximum Gasteiger partial charge on any atom is 0.254 e. The minimum atomic E-state index is -1.54. The van der Waals surface area contributed by atoms with E-state index in [1.54, 1.807) is 4.90 Å². The fraction of sp³-hybridized carbons (Fsp3) is 0.533. The standard InChI is InChI=1S/C15H17F3N2O.ClH/c16-11-7-10(8-12(17)13(11)18)14(21)20-5-2-15(3-6-20)1-4-19-9-15;/h7-8,19H,1-6,9H2;1H. The number of amides is 1. The van der Waals surface area contributed by atoms with Crippen molar-refractivity contribution in [1.82, 2.24) is 10.2 Å². The van der Waals surface area contributed by atoms with Gasteiger partial charge in [0.05, 0.1) is 0 Å². The van der Waals surface area contributed by atoms with E-state index in [0.717, 1.165) is 44.5 Å². The van der Waals surface area contributed by atoms with E-state index < -0.39 is 23.4 Å². The summed E-state index contributed by atoms with van der Waals surface area (Å²) in [6.45, 7) is 3.11. The van der Waals surface area contributed by atoms with E-state index >= 15 is 0 Å². The summed E-state index contributed by atoms with van der Waals surface area (Å²) in [7, 11) is 0. The number of piperidine rings is 1. The summed E-state index contributed by atoms with van der Waals surface area (Å²) in [5, 5.41) is 3.34. The van der Waals surface area contributed by atoms with Crippen LogP contribution in [-0.4, -0.2) is 37.0 Å². The molecule has 1 spiro atoms. The van der Waals surface area contributed by atoms with Gasteiger partial charge < -0.3 is 10.2 Å². The van der Waals surface area contributed by atoms with Crippen LogP contribution in [0.15, 0.2) is 12.1 Å². The van der Waals surface area contributed by atoms with Crippen molar-refractivity contribution >= 4 is 18.3 Å². The third kappa shape index (κ3) is 3.08. The van der Waals surface area contributed by atoms with Gasteiger partial charge in [0.1, 0.15) is 0 Å². The summed E-state index contributed by atoms with van der Waals surface area (Å²) in [5.74, 6) is -4.63. The number of hydrogen-bond donors (Lipinski definition) is 1. The van der Waals surface area contributed by atoms with Gasteiger partial charge in [0.25, 0.3) is 5.91 Å². The number of nitrogens with one attached hydrogen (secondary N) is 1. The van der Waals surface area contributed by atoms with Gasteiger partial charge >= 0.3 is 0 Å². The smallest absolute Gasteiger partial charge is 0.254 e. The maximum absolute atomic E-state index is 13.2. The van der Waals surface area contributed by atoms with Crippen LogP contribution < -0.4 is 5.32 Å². The molecule has 0 aromatic heterocycles. The Morgan fingerprint density at radius 3 is 2.18 bits per heavy atom. The highest BCUT2D eigenvalue weighted by Crippen LogP contribution is 2.37. The molecule has 2 heterocycles. The van der Waals surface area contributed by atoms with E-state index in [-0.39, 0.29) is 23.4 Å². The Labute approximate surface area is 133 Å². The molecule has 2 fully saturated rings. The van der Waals surface area contributed by atoms with E-state index in [2.05, 4.69) is 5.32 Å². The monoisotopic (exact) mass is 334 g/mol. The Morgan fingerprint density at radius 1 is 1.09 bits per heavy atom. The van der Waals surface area contributed by atoms with Crippen molar-refractivity contribution in [2.75, 3.05) is 26.2 Å². The average Bonchev–Trinajstić information content (AvgIpc) is 2.92. The van der Waals surface area contributed by atoms with Crippen LogP contribution in [0.2, 0.25) is 0 Å². The van der Waals surface area contributed by atoms with Crippen LogP contribution >= 0.6 is 12.4 Å². The molecule has 7 heteroatoms. The van der Waals surface area contributed by atoms with E-state index in [1.807, 2.05) is 0 Å². The molecule has 1 amide bonds. The summed E-state index contributed by atoms with van der Waals surface area (Å²) >= 11 is 0. The van der Waals surface area contributed by atoms with Gasteiger partial charge in [-0.25, -0.2) is 13.2 Å². The van der Waals surface area contributed by atoms with E-state index in [1.165, 1.54) is 0 Å². The average molecular weight is 335 g/mol. The molecule has 3 nitrogen and oxygen atoms in total. The Kier molecular flexibility index (Phi) is 5.02. The molecule has 1 aromatic carbocycles. The summed E-state index contributed by atoms with van der Waals surface area (Å²) in [5.41, 5.74) is 0.127. The second-order valence-electron chi connectivity index (χ2n) is 5.97. The molecule has 0 unspecified atom stereocenters. The minimum absolute atomic E-state index is 0. The molecule has 1 N–H and O–H groups in total. The van der Waals surface area contributed by atoms with Gasteiger partial charge in [0.15, 0.2) is 17.5 Å². The van der Waals surface area contributed by atoms with Crippen LogP contribution in [0, 0.1) is 22.9 Å². The topological polar surface area (TPSA) is 32.3 Å². The molecule has 3 rings (SSSR count). The summed E-state index contributed by atoms with van der Waals surface area (Å²) < 4.78 is 39.4. The van der Waals surface area contributed by atoms with Crippen molar-refractivity contribution in [2.45, 2.75) is 19.3 Å². The largest absolute Gasteiger partial charge is 0.339 e. The third-order valence-electron chi connectivity index (χ3n) is 4.67. The molecule has 2 aliphatic rings. The van der Waals surface area contributed by atoms with Crippen molar-refractivity contribution in [1.29, 1.82) is 0 Å². The van der Waals surface area contributed by atoms with Crippen molar-refractivity contribution in [3.05, 3.63) is 35.1 Å². The molecular formula is C15H18ClF3N2O. The summed E-state index contributed by atoms with van der Waals surface area (Å²) in [6.07, 6.45) is 2.88. The fourth-order valence-electron chi connectivity index (χ4n) is 3.27. The van der Waals surface area contributed by atoms with Crippen LogP contribution in [0.3, 0.4) is 0 Å². The van der Waals surface area contributed by atoms with Crippen LogP contribution in [0.4, 0.5) is 13.2 Å². The molecule has 2 aliphatic heterocycles. The second kappa shape index (κ2) is 6.46. The number of rotatable bonds is 1. The Hall–Kier alpha value is -1.27. The highest BCUT2D eigenvalue weighted by molar-refractivity contribution is 5.94. The normalized spacial score (nSPS) is 20.0. The van der Waals surface area contributed by atoms with Gasteiger partial charge in [0.2, 0.25) is 0 Å².